The third kappa shape index (κ3) is 6.22. The molecule has 2 aromatic carbocycles. The number of fused-ring (bicyclic) bond motifs is 1. The predicted molar refractivity (Wildman–Crippen MR) is 122 cm³/mol. The van der Waals surface area contributed by atoms with Gasteiger partial charge in [-0.2, -0.15) is 0 Å². The van der Waals surface area contributed by atoms with Gasteiger partial charge in [0.15, 0.2) is 0 Å². The Hall–Kier alpha value is -3.05. The molecule has 5 N–H and O–H groups in total. The summed E-state index contributed by atoms with van der Waals surface area (Å²) in [6.07, 6.45) is 2.90. The zero-order valence-corrected chi connectivity index (χ0v) is 18.1. The minimum Gasteiger partial charge on any atom is -0.398 e. The van der Waals surface area contributed by atoms with Crippen molar-refractivity contribution in [3.8, 4) is 0 Å². The molecule has 0 atom stereocenters. The fraction of sp³-hybridized carbons (Fsp3) is 0.211. The van der Waals surface area contributed by atoms with Gasteiger partial charge in [-0.15, -0.1) is 0 Å². The van der Waals surface area contributed by atoms with Crippen molar-refractivity contribution in [3.63, 3.8) is 0 Å². The van der Waals surface area contributed by atoms with Crippen LogP contribution in [0, 0.1) is 0 Å². The van der Waals surface area contributed by atoms with E-state index in [0.717, 1.165) is 18.1 Å². The van der Waals surface area contributed by atoms with Gasteiger partial charge in [0.2, 0.25) is 20.0 Å². The highest BCUT2D eigenvalue weighted by Gasteiger charge is 2.08. The Morgan fingerprint density at radius 2 is 1.47 bits per heavy atom. The Balaban J connectivity index is 1.65. The van der Waals surface area contributed by atoms with Crippen LogP contribution >= 0.6 is 0 Å². The zero-order chi connectivity index (χ0) is 21.9. The van der Waals surface area contributed by atoms with Crippen molar-refractivity contribution in [2.24, 2.45) is 0 Å². The van der Waals surface area contributed by atoms with Crippen molar-refractivity contribution >= 4 is 53.8 Å². The summed E-state index contributed by atoms with van der Waals surface area (Å²) in [7, 11) is -6.67. The molecule has 3 rings (SSSR count). The maximum atomic E-state index is 11.4. The zero-order valence-electron chi connectivity index (χ0n) is 16.5. The van der Waals surface area contributed by atoms with Gasteiger partial charge in [0.1, 0.15) is 5.82 Å². The summed E-state index contributed by atoms with van der Waals surface area (Å²) in [5.74, 6) is 0.610. The summed E-state index contributed by atoms with van der Waals surface area (Å²) in [5, 5.41) is 3.87. The van der Waals surface area contributed by atoms with Crippen molar-refractivity contribution in [2.45, 2.75) is 6.42 Å². The Bertz CT molecular complexity index is 1270. The number of nitrogens with two attached hydrogens (primary N) is 1. The van der Waals surface area contributed by atoms with Crippen LogP contribution in [0.2, 0.25) is 0 Å². The topological polar surface area (TPSA) is 143 Å². The summed E-state index contributed by atoms with van der Waals surface area (Å²) in [6, 6.07) is 13.8. The molecular weight excluding hydrogens is 426 g/mol. The third-order valence-corrected chi connectivity index (χ3v) is 5.33. The second kappa shape index (κ2) is 8.36. The first-order valence-corrected chi connectivity index (χ1v) is 12.8. The van der Waals surface area contributed by atoms with Gasteiger partial charge in [-0.1, -0.05) is 12.1 Å². The molecule has 9 nitrogen and oxygen atoms in total. The van der Waals surface area contributed by atoms with Crippen LogP contribution in [-0.4, -0.2) is 40.9 Å². The molecule has 0 fully saturated rings. The summed E-state index contributed by atoms with van der Waals surface area (Å²) in [6.45, 7) is 0.602. The molecule has 1 aromatic heterocycles. The van der Waals surface area contributed by atoms with E-state index in [0.29, 0.717) is 46.7 Å². The minimum absolute atomic E-state index is 0.424. The lowest BCUT2D eigenvalue weighted by Gasteiger charge is -2.11. The molecule has 1 heterocycles. The van der Waals surface area contributed by atoms with E-state index >= 15 is 0 Å². The minimum atomic E-state index is -3.37. The Kier molecular flexibility index (Phi) is 6.04. The summed E-state index contributed by atoms with van der Waals surface area (Å²) >= 11 is 0. The van der Waals surface area contributed by atoms with Gasteiger partial charge < -0.3 is 11.1 Å². The van der Waals surface area contributed by atoms with E-state index in [2.05, 4.69) is 19.7 Å². The van der Waals surface area contributed by atoms with Crippen LogP contribution in [0.3, 0.4) is 0 Å². The molecule has 0 aliphatic rings. The smallest absolute Gasteiger partial charge is 0.229 e. The highest BCUT2D eigenvalue weighted by molar-refractivity contribution is 7.92. The number of sulfonamides is 2. The molecule has 30 heavy (non-hydrogen) atoms. The lowest BCUT2D eigenvalue weighted by atomic mass is 10.1. The van der Waals surface area contributed by atoms with E-state index in [1.807, 2.05) is 12.1 Å². The van der Waals surface area contributed by atoms with Gasteiger partial charge >= 0.3 is 0 Å². The summed E-state index contributed by atoms with van der Waals surface area (Å²) in [4.78, 5) is 4.51. The van der Waals surface area contributed by atoms with E-state index in [-0.39, 0.29) is 0 Å². The number of pyridine rings is 1. The van der Waals surface area contributed by atoms with Gasteiger partial charge in [-0.25, -0.2) is 21.8 Å². The maximum Gasteiger partial charge on any atom is 0.229 e. The monoisotopic (exact) mass is 449 g/mol. The van der Waals surface area contributed by atoms with Crippen LogP contribution < -0.4 is 20.5 Å². The van der Waals surface area contributed by atoms with Crippen LogP contribution in [0.4, 0.5) is 22.9 Å². The molecule has 0 spiro atoms. The number of benzene rings is 2. The summed E-state index contributed by atoms with van der Waals surface area (Å²) in [5.41, 5.74) is 9.23. The van der Waals surface area contributed by atoms with E-state index in [9.17, 15) is 16.8 Å². The number of nitrogens with one attached hydrogen (secondary N) is 3. The molecule has 0 saturated carbocycles. The van der Waals surface area contributed by atoms with E-state index in [1.54, 1.807) is 36.4 Å². The molecule has 0 saturated heterocycles. The first kappa shape index (κ1) is 21.7. The first-order chi connectivity index (χ1) is 14.0. The number of nitrogens with zero attached hydrogens (tertiary/aromatic N) is 1. The second-order valence-electron chi connectivity index (χ2n) is 6.95. The molecule has 0 amide bonds. The van der Waals surface area contributed by atoms with Crippen molar-refractivity contribution in [1.29, 1.82) is 0 Å². The Labute approximate surface area is 175 Å². The molecule has 0 radical (unpaired) electrons. The number of aromatic nitrogens is 1. The van der Waals surface area contributed by atoms with E-state index in [1.165, 1.54) is 0 Å². The quantitative estimate of drug-likeness (QED) is 0.413. The van der Waals surface area contributed by atoms with Crippen LogP contribution in [-0.2, 0) is 26.5 Å². The van der Waals surface area contributed by atoms with Crippen LogP contribution in [0.15, 0.2) is 48.5 Å². The highest BCUT2D eigenvalue weighted by atomic mass is 32.2. The van der Waals surface area contributed by atoms with Crippen molar-refractivity contribution in [1.82, 2.24) is 4.98 Å². The van der Waals surface area contributed by atoms with Gasteiger partial charge in [0.05, 0.1) is 18.0 Å². The highest BCUT2D eigenvalue weighted by Crippen LogP contribution is 2.26. The van der Waals surface area contributed by atoms with Crippen molar-refractivity contribution < 1.29 is 16.8 Å². The SMILES string of the molecule is CS(=O)(=O)Nc1ccc(CCNc2cc(N)c3cc(NS(C)(=O)=O)ccc3n2)cc1. The number of hydrogen-bond acceptors (Lipinski definition) is 7. The molecule has 0 aliphatic heterocycles. The predicted octanol–water partition coefficient (Wildman–Crippen LogP) is 2.21. The summed E-state index contributed by atoms with van der Waals surface area (Å²) < 4.78 is 50.1. The second-order valence-corrected chi connectivity index (χ2v) is 10.4. The Morgan fingerprint density at radius 3 is 2.10 bits per heavy atom. The van der Waals surface area contributed by atoms with E-state index < -0.39 is 20.0 Å². The fourth-order valence-corrected chi connectivity index (χ4v) is 4.03. The number of hydrogen-bond donors (Lipinski definition) is 4. The number of anilines is 4. The lowest BCUT2D eigenvalue weighted by Crippen LogP contribution is -2.10. The number of nitrogen functional groups attached to an aromatic ring is 1. The average Bonchev–Trinajstić information content (AvgIpc) is 2.61. The molecular formula is C19H23N5O4S2. The van der Waals surface area contributed by atoms with Crippen LogP contribution in [0.1, 0.15) is 5.56 Å². The molecule has 3 aromatic rings. The van der Waals surface area contributed by atoms with Crippen LogP contribution in [0.25, 0.3) is 10.9 Å². The normalized spacial score (nSPS) is 11.9. The van der Waals surface area contributed by atoms with E-state index in [4.69, 9.17) is 5.73 Å². The van der Waals surface area contributed by atoms with Gasteiger partial charge in [0, 0.05) is 35.1 Å². The molecule has 0 aliphatic carbocycles. The van der Waals surface area contributed by atoms with Gasteiger partial charge in [-0.3, -0.25) is 9.44 Å². The average molecular weight is 450 g/mol. The Morgan fingerprint density at radius 1 is 0.867 bits per heavy atom. The third-order valence-electron chi connectivity index (χ3n) is 4.12. The molecule has 0 unspecified atom stereocenters. The largest absolute Gasteiger partial charge is 0.398 e. The molecule has 11 heteroatoms. The standard InChI is InChI=1S/C19H23N5O4S2/c1-29(25,26)23-14-5-3-13(4-6-14)9-10-21-19-12-17(20)16-11-15(24-30(2,27)28)7-8-18(16)22-19/h3-8,11-12,23-24H,9-10H2,1-2H3,(H3,20,21,22). The van der Waals surface area contributed by atoms with Crippen molar-refractivity contribution in [2.75, 3.05) is 39.6 Å². The first-order valence-electron chi connectivity index (χ1n) is 8.97. The fourth-order valence-electron chi connectivity index (χ4n) is 2.91. The molecule has 0 bridgehead atoms. The lowest BCUT2D eigenvalue weighted by molar-refractivity contribution is 0.605. The molecule has 160 valence electrons. The van der Waals surface area contributed by atoms with Gasteiger partial charge in [-0.05, 0) is 42.3 Å². The van der Waals surface area contributed by atoms with Crippen molar-refractivity contribution in [3.05, 3.63) is 54.1 Å². The maximum absolute atomic E-state index is 11.4. The number of rotatable bonds is 8. The van der Waals surface area contributed by atoms with Crippen LogP contribution in [0.5, 0.6) is 0 Å². The van der Waals surface area contributed by atoms with Gasteiger partial charge in [0.25, 0.3) is 0 Å².